The number of amides is 1. The third-order valence-electron chi connectivity index (χ3n) is 2.74. The van der Waals surface area contributed by atoms with Crippen molar-refractivity contribution >= 4 is 11.6 Å². The van der Waals surface area contributed by atoms with Crippen LogP contribution in [-0.2, 0) is 4.79 Å². The second-order valence-corrected chi connectivity index (χ2v) is 4.19. The molecule has 102 valence electrons. The molecule has 0 aliphatic carbocycles. The molecule has 1 aromatic carbocycles. The molecule has 5 heteroatoms. The summed E-state index contributed by atoms with van der Waals surface area (Å²) in [6.45, 7) is 1.59. The average molecular weight is 269 g/mol. The third-order valence-corrected chi connectivity index (χ3v) is 2.74. The maximum atomic E-state index is 12.1. The summed E-state index contributed by atoms with van der Waals surface area (Å²) in [5, 5.41) is 15.5. The van der Waals surface area contributed by atoms with Gasteiger partial charge in [0, 0.05) is 23.6 Å². The van der Waals surface area contributed by atoms with Gasteiger partial charge in [0.2, 0.25) is 5.91 Å². The third kappa shape index (κ3) is 3.46. The van der Waals surface area contributed by atoms with Crippen LogP contribution in [-0.4, -0.2) is 27.4 Å². The molecule has 0 saturated carbocycles. The zero-order valence-electron chi connectivity index (χ0n) is 11.1. The van der Waals surface area contributed by atoms with E-state index in [2.05, 4.69) is 22.3 Å². The summed E-state index contributed by atoms with van der Waals surface area (Å²) in [7, 11) is 0. The van der Waals surface area contributed by atoms with Crippen molar-refractivity contribution in [3.63, 3.8) is 0 Å². The van der Waals surface area contributed by atoms with Crippen LogP contribution in [0.4, 0.5) is 5.69 Å². The Labute approximate surface area is 117 Å². The monoisotopic (exact) mass is 269 g/mol. The van der Waals surface area contributed by atoms with Crippen LogP contribution in [0.15, 0.2) is 42.7 Å². The van der Waals surface area contributed by atoms with Gasteiger partial charge in [0.15, 0.2) is 0 Å². The number of anilines is 1. The number of aliphatic hydroxyl groups excluding tert-OH is 1. The molecule has 1 aromatic heterocycles. The van der Waals surface area contributed by atoms with Gasteiger partial charge < -0.3 is 10.4 Å². The van der Waals surface area contributed by atoms with Crippen molar-refractivity contribution < 1.29 is 9.90 Å². The van der Waals surface area contributed by atoms with Crippen molar-refractivity contribution in [3.05, 3.63) is 48.3 Å². The number of rotatable bonds is 3. The number of nitrogens with one attached hydrogen (secondary N) is 1. The Morgan fingerprint density at radius 3 is 3.05 bits per heavy atom. The number of carbonyl (C=O) groups excluding carboxylic acids is 1. The molecule has 0 spiro atoms. The van der Waals surface area contributed by atoms with E-state index in [4.69, 9.17) is 5.11 Å². The molecule has 1 amide bonds. The Balaban J connectivity index is 2.08. The van der Waals surface area contributed by atoms with Crippen molar-refractivity contribution in [1.29, 1.82) is 0 Å². The van der Waals surface area contributed by atoms with Gasteiger partial charge in [-0.1, -0.05) is 17.9 Å². The van der Waals surface area contributed by atoms with Gasteiger partial charge in [0.25, 0.3) is 0 Å². The lowest BCUT2D eigenvalue weighted by Crippen LogP contribution is -2.23. The lowest BCUT2D eigenvalue weighted by molar-refractivity contribution is -0.119. The van der Waals surface area contributed by atoms with Crippen LogP contribution in [0.2, 0.25) is 0 Å². The molecule has 2 rings (SSSR count). The first kappa shape index (κ1) is 13.8. The first-order chi connectivity index (χ1) is 9.70. The number of hydrogen-bond acceptors (Lipinski definition) is 3. The quantitative estimate of drug-likeness (QED) is 0.828. The highest BCUT2D eigenvalue weighted by atomic mass is 16.2. The minimum Gasteiger partial charge on any atom is -0.384 e. The molecule has 1 unspecified atom stereocenters. The highest BCUT2D eigenvalue weighted by Crippen LogP contribution is 2.13. The maximum absolute atomic E-state index is 12.1. The minimum absolute atomic E-state index is 0.152. The van der Waals surface area contributed by atoms with Crippen molar-refractivity contribution in [2.24, 2.45) is 0 Å². The van der Waals surface area contributed by atoms with Crippen LogP contribution >= 0.6 is 0 Å². The highest BCUT2D eigenvalue weighted by Gasteiger charge is 2.14. The summed E-state index contributed by atoms with van der Waals surface area (Å²) in [5.41, 5.74) is 1.40. The normalized spacial score (nSPS) is 11.3. The first-order valence-electron chi connectivity index (χ1n) is 6.20. The van der Waals surface area contributed by atoms with E-state index in [-0.39, 0.29) is 12.5 Å². The molecular weight excluding hydrogens is 254 g/mol. The number of benzene rings is 1. The zero-order chi connectivity index (χ0) is 14.4. The standard InChI is InChI=1S/C15H15N3O2/c1-12(18-9-4-8-16-18)15(20)17-14-7-2-5-13(11-14)6-3-10-19/h2,4-5,7-9,11-12,19H,10H2,1H3,(H,17,20). The lowest BCUT2D eigenvalue weighted by atomic mass is 10.2. The van der Waals surface area contributed by atoms with Gasteiger partial charge in [-0.15, -0.1) is 0 Å². The van der Waals surface area contributed by atoms with Gasteiger partial charge in [0.05, 0.1) is 0 Å². The van der Waals surface area contributed by atoms with Crippen molar-refractivity contribution in [2.75, 3.05) is 11.9 Å². The summed E-state index contributed by atoms with van der Waals surface area (Å²) in [5.74, 6) is 5.21. The molecular formula is C15H15N3O2. The van der Waals surface area contributed by atoms with Crippen LogP contribution in [0, 0.1) is 11.8 Å². The number of aromatic nitrogens is 2. The average Bonchev–Trinajstić information content (AvgIpc) is 2.98. The molecule has 20 heavy (non-hydrogen) atoms. The topological polar surface area (TPSA) is 67.2 Å². The Kier molecular flexibility index (Phi) is 4.53. The van der Waals surface area contributed by atoms with Gasteiger partial charge in [-0.05, 0) is 31.2 Å². The van der Waals surface area contributed by atoms with Gasteiger partial charge in [-0.3, -0.25) is 9.48 Å². The summed E-state index contributed by atoms with van der Waals surface area (Å²) < 4.78 is 1.59. The Morgan fingerprint density at radius 2 is 2.35 bits per heavy atom. The lowest BCUT2D eigenvalue weighted by Gasteiger charge is -2.12. The second-order valence-electron chi connectivity index (χ2n) is 4.19. The van der Waals surface area contributed by atoms with Crippen molar-refractivity contribution in [3.8, 4) is 11.8 Å². The molecule has 5 nitrogen and oxygen atoms in total. The molecule has 1 atom stereocenters. The summed E-state index contributed by atoms with van der Waals surface area (Å²) >= 11 is 0. The zero-order valence-corrected chi connectivity index (χ0v) is 11.1. The van der Waals surface area contributed by atoms with Crippen molar-refractivity contribution in [2.45, 2.75) is 13.0 Å². The molecule has 0 bridgehead atoms. The Hall–Kier alpha value is -2.58. The highest BCUT2D eigenvalue weighted by molar-refractivity contribution is 5.93. The molecule has 0 aliphatic rings. The predicted octanol–water partition coefficient (Wildman–Crippen LogP) is 1.43. The van der Waals surface area contributed by atoms with E-state index >= 15 is 0 Å². The summed E-state index contributed by atoms with van der Waals surface area (Å²) in [6.07, 6.45) is 3.38. The fourth-order valence-electron chi connectivity index (χ4n) is 1.69. The van der Waals surface area contributed by atoms with Gasteiger partial charge in [-0.25, -0.2) is 0 Å². The number of aliphatic hydroxyl groups is 1. The fourth-order valence-corrected chi connectivity index (χ4v) is 1.69. The smallest absolute Gasteiger partial charge is 0.248 e. The molecule has 0 fully saturated rings. The van der Waals surface area contributed by atoms with Crippen LogP contribution in [0.1, 0.15) is 18.5 Å². The van der Waals surface area contributed by atoms with Crippen molar-refractivity contribution in [1.82, 2.24) is 9.78 Å². The van der Waals surface area contributed by atoms with Gasteiger partial charge >= 0.3 is 0 Å². The van der Waals surface area contributed by atoms with Crippen LogP contribution < -0.4 is 5.32 Å². The van der Waals surface area contributed by atoms with E-state index in [1.807, 2.05) is 6.07 Å². The first-order valence-corrected chi connectivity index (χ1v) is 6.20. The summed E-state index contributed by atoms with van der Waals surface area (Å²) in [4.78, 5) is 12.1. The Bertz CT molecular complexity index is 639. The van der Waals surface area contributed by atoms with Crippen LogP contribution in [0.25, 0.3) is 0 Å². The van der Waals surface area contributed by atoms with E-state index in [9.17, 15) is 4.79 Å². The maximum Gasteiger partial charge on any atom is 0.248 e. The van der Waals surface area contributed by atoms with Gasteiger partial charge in [-0.2, -0.15) is 5.10 Å². The summed E-state index contributed by atoms with van der Waals surface area (Å²) in [6, 6.07) is 8.55. The van der Waals surface area contributed by atoms with E-state index in [1.54, 1.807) is 48.3 Å². The molecule has 0 radical (unpaired) electrons. The Morgan fingerprint density at radius 1 is 1.50 bits per heavy atom. The van der Waals surface area contributed by atoms with Crippen LogP contribution in [0.3, 0.4) is 0 Å². The number of carbonyl (C=O) groups is 1. The van der Waals surface area contributed by atoms with E-state index in [0.717, 1.165) is 5.56 Å². The van der Waals surface area contributed by atoms with E-state index in [0.29, 0.717) is 5.69 Å². The van der Waals surface area contributed by atoms with Gasteiger partial charge in [0.1, 0.15) is 12.6 Å². The van der Waals surface area contributed by atoms with E-state index in [1.165, 1.54) is 0 Å². The number of hydrogen-bond donors (Lipinski definition) is 2. The SMILES string of the molecule is CC(C(=O)Nc1cccc(C#CCO)c1)n1cccn1. The minimum atomic E-state index is -0.391. The fraction of sp³-hybridized carbons (Fsp3) is 0.200. The van der Waals surface area contributed by atoms with E-state index < -0.39 is 6.04 Å². The second kappa shape index (κ2) is 6.55. The largest absolute Gasteiger partial charge is 0.384 e. The van der Waals surface area contributed by atoms with Crippen LogP contribution in [0.5, 0.6) is 0 Å². The number of nitrogens with zero attached hydrogens (tertiary/aromatic N) is 2. The molecule has 0 saturated heterocycles. The molecule has 0 aliphatic heterocycles. The molecule has 2 aromatic rings. The molecule has 1 heterocycles. The predicted molar refractivity (Wildman–Crippen MR) is 76.0 cm³/mol. The molecule has 2 N–H and O–H groups in total.